The van der Waals surface area contributed by atoms with Crippen molar-refractivity contribution in [2.75, 3.05) is 53.3 Å². The molecule has 11 atom stereocenters. The number of hydrogen-bond acceptors (Lipinski definition) is 15. The molecule has 2 aromatic carbocycles. The zero-order chi connectivity index (χ0) is 70.8. The molecule has 2 aromatic rings. The molecule has 526 valence electrons. The number of carbonyl (C=O) groups is 12. The van der Waals surface area contributed by atoms with Gasteiger partial charge in [-0.2, -0.15) is 0 Å². The molecule has 0 unspecified atom stereocenters. The molecule has 27 heteroatoms. The highest BCUT2D eigenvalue weighted by Gasteiger charge is 2.44. The van der Waals surface area contributed by atoms with Gasteiger partial charge in [0.2, 0.25) is 41.4 Å². The Morgan fingerprint density at radius 2 is 1.33 bits per heavy atom. The Labute approximate surface area is 558 Å². The number of carbonyl (C=O) groups excluding carboxylic acids is 11. The lowest BCUT2D eigenvalue weighted by molar-refractivity contribution is -0.148. The van der Waals surface area contributed by atoms with Crippen molar-refractivity contribution in [2.45, 2.75) is 194 Å². The number of likely N-dealkylation sites (N-methyl/N-ethyl adjacent to an activating group) is 2. The summed E-state index contributed by atoms with van der Waals surface area (Å²) < 4.78 is 17.7. The number of urea groups is 1. The van der Waals surface area contributed by atoms with Gasteiger partial charge in [-0.1, -0.05) is 118 Å². The van der Waals surface area contributed by atoms with E-state index in [1.807, 2.05) is 19.9 Å². The molecule has 95 heavy (non-hydrogen) atoms. The van der Waals surface area contributed by atoms with Crippen LogP contribution in [0.4, 0.5) is 15.3 Å². The van der Waals surface area contributed by atoms with E-state index in [1.165, 1.54) is 38.3 Å². The molecule has 27 nitrogen and oxygen atoms in total. The number of ether oxygens (including phenoxy) is 3. The first-order valence-electron chi connectivity index (χ1n) is 32.9. The fraction of sp³-hybridized carbons (Fsp3) is 0.618. The molecule has 12 amide bonds. The summed E-state index contributed by atoms with van der Waals surface area (Å²) in [5.41, 5.74) is 6.83. The van der Waals surface area contributed by atoms with Crippen LogP contribution in [0.25, 0.3) is 0 Å². The van der Waals surface area contributed by atoms with Gasteiger partial charge in [-0.15, -0.1) is 0 Å². The van der Waals surface area contributed by atoms with Crippen LogP contribution in [-0.4, -0.2) is 198 Å². The second-order valence-electron chi connectivity index (χ2n) is 25.7. The number of hydrogen-bond donors (Lipinski definition) is 8. The molecular weight excluding hydrogens is 1230 g/mol. The minimum atomic E-state index is -1.19. The van der Waals surface area contributed by atoms with E-state index in [0.29, 0.717) is 56.3 Å². The van der Waals surface area contributed by atoms with E-state index in [9.17, 15) is 62.6 Å². The van der Waals surface area contributed by atoms with Gasteiger partial charge in [0, 0.05) is 78.6 Å². The summed E-state index contributed by atoms with van der Waals surface area (Å²) in [5.74, 6) is -7.74. The van der Waals surface area contributed by atoms with Crippen LogP contribution in [0.5, 0.6) is 0 Å². The third-order valence-corrected chi connectivity index (χ3v) is 17.6. The number of nitrogens with two attached hydrogens (primary N) is 1. The van der Waals surface area contributed by atoms with Crippen molar-refractivity contribution in [3.05, 3.63) is 77.9 Å². The topological polar surface area (TPSA) is 364 Å². The number of nitrogens with one attached hydrogen (secondary N) is 6. The molecule has 0 aromatic heterocycles. The number of amides is 12. The maximum atomic E-state index is 14.8. The molecular formula is C68H103N11O16. The van der Waals surface area contributed by atoms with Crippen LogP contribution >= 0.6 is 0 Å². The second kappa shape index (κ2) is 38.8. The number of nitrogens with zero attached hydrogens (tertiary/aromatic N) is 4. The molecule has 0 spiro atoms. The Hall–Kier alpha value is -8.46. The lowest BCUT2D eigenvalue weighted by atomic mass is 9.89. The molecule has 1 fully saturated rings. The fourth-order valence-corrected chi connectivity index (χ4v) is 12.0. The van der Waals surface area contributed by atoms with Gasteiger partial charge in [0.1, 0.15) is 36.8 Å². The van der Waals surface area contributed by atoms with E-state index in [0.717, 1.165) is 15.4 Å². The summed E-state index contributed by atoms with van der Waals surface area (Å²) in [4.78, 5) is 165. The maximum Gasteiger partial charge on any atom is 0.410 e. The third kappa shape index (κ3) is 23.8. The van der Waals surface area contributed by atoms with Crippen LogP contribution < -0.4 is 37.6 Å². The van der Waals surface area contributed by atoms with Crippen LogP contribution in [0.3, 0.4) is 0 Å². The second-order valence-corrected chi connectivity index (χ2v) is 25.7. The lowest BCUT2D eigenvalue weighted by Gasteiger charge is -2.41. The van der Waals surface area contributed by atoms with Crippen molar-refractivity contribution in [1.29, 1.82) is 0 Å². The molecule has 4 rings (SSSR count). The average molecular weight is 1330 g/mol. The summed E-state index contributed by atoms with van der Waals surface area (Å²) in [5, 5.41) is 26.4. The minimum absolute atomic E-state index is 0.0752. The number of anilines is 1. The number of methoxy groups -OCH3 is 2. The van der Waals surface area contributed by atoms with Gasteiger partial charge in [-0.05, 0) is 85.5 Å². The zero-order valence-corrected chi connectivity index (χ0v) is 57.5. The molecule has 0 saturated carbocycles. The van der Waals surface area contributed by atoms with Crippen molar-refractivity contribution >= 4 is 76.9 Å². The predicted molar refractivity (Wildman–Crippen MR) is 354 cm³/mol. The van der Waals surface area contributed by atoms with Crippen LogP contribution in [0.2, 0.25) is 0 Å². The molecule has 0 bridgehead atoms. The Bertz CT molecular complexity index is 2950. The molecule has 9 N–H and O–H groups in total. The van der Waals surface area contributed by atoms with Gasteiger partial charge in [0.15, 0.2) is 0 Å². The van der Waals surface area contributed by atoms with Crippen LogP contribution in [0.1, 0.15) is 138 Å². The van der Waals surface area contributed by atoms with Crippen molar-refractivity contribution < 1.29 is 76.9 Å². The summed E-state index contributed by atoms with van der Waals surface area (Å²) in [6.45, 7) is 16.6. The van der Waals surface area contributed by atoms with E-state index in [2.05, 4.69) is 31.9 Å². The van der Waals surface area contributed by atoms with Gasteiger partial charge in [0.25, 0.3) is 11.8 Å². The molecule has 0 aliphatic carbocycles. The Kier molecular flexibility index (Phi) is 32.2. The standard InChI is InChI=1S/C68H103N11O16/c1-14-43(8)59(51(93-12)38-55(83)78-36-22-26-50(78)60(94-13)44(9)61(84)73-49(66(89)90)37-45-23-17-15-18-24-45)76(10)65(88)57(41(4)5)75-64(87)58(42(6)7)77(11)68(92)95-39-46-28-30-47(31-29-46)71-62(85)48(25-21-34-70-67(69)91)72-63(86)56(40(2)3)74-52(80)27-19-16-20-35-79-53(81)32-33-54(79)82/h15,17-18,23-24,28-33,40-44,48-51,56-60H,14,16,19-22,25-27,34-39H2,1-13H3,(H,71,85)(H,72,86)(H,73,84)(H,74,80)(H,75,87)(H,89,90)(H3,69,70,91)/t43-,44+,48-,49-,50-,51+,56-,57-,58-,59-,60+/m0/s1. The first-order chi connectivity index (χ1) is 44.9. The molecule has 2 aliphatic rings. The third-order valence-electron chi connectivity index (χ3n) is 17.6. The van der Waals surface area contributed by atoms with E-state index >= 15 is 0 Å². The number of carboxylic acids is 1. The molecule has 0 radical (unpaired) electrons. The number of unbranched alkanes of at least 4 members (excludes halogenated alkanes) is 2. The number of aliphatic carboxylic acids is 1. The Balaban J connectivity index is 1.38. The highest BCUT2D eigenvalue weighted by molar-refractivity contribution is 6.12. The normalized spacial score (nSPS) is 16.9. The number of likely N-dealkylation sites (tertiary alicyclic amines) is 1. The average Bonchev–Trinajstić information content (AvgIpc) is 1.81. The highest BCUT2D eigenvalue weighted by atomic mass is 16.6. The van der Waals surface area contributed by atoms with Gasteiger partial charge >= 0.3 is 18.1 Å². The van der Waals surface area contributed by atoms with E-state index in [-0.39, 0.29) is 81.4 Å². The van der Waals surface area contributed by atoms with Crippen molar-refractivity contribution in [2.24, 2.45) is 35.3 Å². The van der Waals surface area contributed by atoms with Crippen molar-refractivity contribution in [3.63, 3.8) is 0 Å². The monoisotopic (exact) mass is 1330 g/mol. The van der Waals surface area contributed by atoms with Crippen LogP contribution in [0.15, 0.2) is 66.7 Å². The smallest absolute Gasteiger partial charge is 0.410 e. The van der Waals surface area contributed by atoms with E-state index < -0.39 is 126 Å². The molecule has 2 heterocycles. The molecule has 2 aliphatic heterocycles. The number of benzene rings is 2. The van der Waals surface area contributed by atoms with Crippen molar-refractivity contribution in [1.82, 2.24) is 46.2 Å². The summed E-state index contributed by atoms with van der Waals surface area (Å²) >= 11 is 0. The first-order valence-corrected chi connectivity index (χ1v) is 32.9. The zero-order valence-electron chi connectivity index (χ0n) is 57.5. The maximum absolute atomic E-state index is 14.8. The van der Waals surface area contributed by atoms with Gasteiger partial charge in [-0.3, -0.25) is 53.0 Å². The largest absolute Gasteiger partial charge is 0.480 e. The number of carboxylic acid groups (broad SMARTS) is 1. The lowest BCUT2D eigenvalue weighted by Crippen LogP contribution is -2.60. The van der Waals surface area contributed by atoms with Crippen LogP contribution in [0, 0.1) is 29.6 Å². The number of primary amides is 1. The SMILES string of the molecule is CC[C@H](C)[C@@H]([C@@H](CC(=O)N1CCC[C@H]1[C@H](OC)[C@@H](C)C(=O)N[C@@H](Cc1ccccc1)C(=O)O)OC)N(C)C(=O)[C@@H](NC(=O)[C@H](C(C)C)N(C)C(=O)OCc1ccc(NC(=O)[C@H](CCCNC(N)=O)NC(=O)[C@@H](NC(=O)CCCCCN2C(=O)C=CC2=O)C(C)C)cc1)C(C)C. The van der Waals surface area contributed by atoms with Gasteiger partial charge in [-0.25, -0.2) is 14.4 Å². The van der Waals surface area contributed by atoms with E-state index in [1.54, 1.807) is 109 Å². The number of rotatable bonds is 39. The quantitative estimate of drug-likeness (QED) is 0.0333. The van der Waals surface area contributed by atoms with Gasteiger partial charge < -0.3 is 66.8 Å². The fourth-order valence-electron chi connectivity index (χ4n) is 12.0. The van der Waals surface area contributed by atoms with Gasteiger partial charge in [0.05, 0.1) is 36.6 Å². The summed E-state index contributed by atoms with van der Waals surface area (Å²) in [6.07, 6.45) is 3.58. The predicted octanol–water partition coefficient (Wildman–Crippen LogP) is 4.65. The Morgan fingerprint density at radius 3 is 1.89 bits per heavy atom. The van der Waals surface area contributed by atoms with E-state index in [4.69, 9.17) is 19.9 Å². The summed E-state index contributed by atoms with van der Waals surface area (Å²) in [7, 11) is 5.96. The highest BCUT2D eigenvalue weighted by Crippen LogP contribution is 2.30. The molecule has 1 saturated heterocycles. The number of imide groups is 1. The Morgan fingerprint density at radius 1 is 0.695 bits per heavy atom. The minimum Gasteiger partial charge on any atom is -0.480 e. The summed E-state index contributed by atoms with van der Waals surface area (Å²) in [6, 6.07) is 7.86. The van der Waals surface area contributed by atoms with Crippen molar-refractivity contribution in [3.8, 4) is 0 Å². The van der Waals surface area contributed by atoms with Crippen LogP contribution in [-0.2, 0) is 75.2 Å². The first kappa shape index (κ1) is 79.0.